The lowest BCUT2D eigenvalue weighted by molar-refractivity contribution is -0.169. The van der Waals surface area contributed by atoms with E-state index in [4.69, 9.17) is 23.7 Å². The van der Waals surface area contributed by atoms with Crippen molar-refractivity contribution >= 4 is 29.7 Å². The highest BCUT2D eigenvalue weighted by molar-refractivity contribution is 5.94. The Kier molecular flexibility index (Phi) is 5.96. The maximum Gasteiger partial charge on any atom is 0.338 e. The quantitative estimate of drug-likeness (QED) is 0.354. The Bertz CT molecular complexity index is 873. The fraction of sp³-hybridized carbons (Fsp3) is 0.667. The van der Waals surface area contributed by atoms with E-state index in [9.17, 15) is 24.0 Å². The maximum atomic E-state index is 13.0. The summed E-state index contributed by atoms with van der Waals surface area (Å²) in [5.41, 5.74) is -2.09. The molecule has 3 aliphatic rings. The van der Waals surface area contributed by atoms with Gasteiger partial charge < -0.3 is 23.7 Å². The van der Waals surface area contributed by atoms with Crippen molar-refractivity contribution in [3.8, 4) is 0 Å². The van der Waals surface area contributed by atoms with Crippen LogP contribution in [0.4, 0.5) is 0 Å². The van der Waals surface area contributed by atoms with Gasteiger partial charge in [0.25, 0.3) is 0 Å². The maximum absolute atomic E-state index is 13.0. The van der Waals surface area contributed by atoms with Crippen molar-refractivity contribution in [1.29, 1.82) is 0 Å². The molecule has 10 heteroatoms. The molecule has 0 amide bonds. The van der Waals surface area contributed by atoms with Crippen LogP contribution in [0.25, 0.3) is 0 Å². The van der Waals surface area contributed by atoms with Crippen LogP contribution >= 0.6 is 0 Å². The van der Waals surface area contributed by atoms with E-state index in [-0.39, 0.29) is 36.4 Å². The fourth-order valence-corrected chi connectivity index (χ4v) is 4.22. The lowest BCUT2D eigenvalue weighted by Gasteiger charge is -2.33. The van der Waals surface area contributed by atoms with Crippen LogP contribution in [-0.4, -0.2) is 65.8 Å². The first-order chi connectivity index (χ1) is 14.4. The normalized spacial score (nSPS) is 34.8. The van der Waals surface area contributed by atoms with Gasteiger partial charge in [-0.1, -0.05) is 0 Å². The molecule has 0 spiro atoms. The average Bonchev–Trinajstić information content (AvgIpc) is 3.19. The zero-order chi connectivity index (χ0) is 23.1. The van der Waals surface area contributed by atoms with E-state index < -0.39 is 53.4 Å². The lowest BCUT2D eigenvalue weighted by atomic mass is 9.80. The number of hydrogen-bond acceptors (Lipinski definition) is 10. The first kappa shape index (κ1) is 22.9. The molecule has 31 heavy (non-hydrogen) atoms. The SMILES string of the molecule is CC(=O)OCC1=C2[C@@H](OC(C)=O)C[C@@](C)(OC(C)=O)C(=O)CC[C@@]3(C)O[C@@H]3[C@H]2OC1=O. The Hall–Kier alpha value is -2.75. The van der Waals surface area contributed by atoms with Gasteiger partial charge in [0.1, 0.15) is 18.8 Å². The highest BCUT2D eigenvalue weighted by Crippen LogP contribution is 2.50. The van der Waals surface area contributed by atoms with Crippen molar-refractivity contribution in [1.82, 2.24) is 0 Å². The van der Waals surface area contributed by atoms with Crippen LogP contribution in [0.3, 0.4) is 0 Å². The van der Waals surface area contributed by atoms with Crippen molar-refractivity contribution in [3.63, 3.8) is 0 Å². The van der Waals surface area contributed by atoms with Gasteiger partial charge in [0.2, 0.25) is 0 Å². The summed E-state index contributed by atoms with van der Waals surface area (Å²) < 4.78 is 27.2. The average molecular weight is 438 g/mol. The molecule has 2 aliphatic heterocycles. The van der Waals surface area contributed by atoms with E-state index in [2.05, 4.69) is 0 Å². The minimum atomic E-state index is -1.61. The van der Waals surface area contributed by atoms with Crippen LogP contribution in [0.15, 0.2) is 11.1 Å². The summed E-state index contributed by atoms with van der Waals surface area (Å²) in [5.74, 6) is -3.04. The van der Waals surface area contributed by atoms with Crippen molar-refractivity contribution in [2.45, 2.75) is 83.4 Å². The zero-order valence-corrected chi connectivity index (χ0v) is 18.1. The predicted octanol–water partition coefficient (Wildman–Crippen LogP) is 0.935. The third-order valence-electron chi connectivity index (χ3n) is 5.81. The molecule has 1 saturated heterocycles. The summed E-state index contributed by atoms with van der Waals surface area (Å²) in [6, 6.07) is 0. The van der Waals surface area contributed by atoms with Crippen LogP contribution in [0.1, 0.15) is 53.9 Å². The molecule has 0 N–H and O–H groups in total. The third kappa shape index (κ3) is 4.63. The molecule has 3 rings (SSSR count). The standard InChI is InChI=1S/C21H26O10/c1-10(22)27-9-13-16-14(28-11(2)23)8-21(5,30-12(3)24)15(25)6-7-20(4)18(31-20)17(16)29-19(13)26/h14,17-18H,6-9H2,1-5H3/t14-,17-,18+,20+,21+/m0/s1. The molecule has 170 valence electrons. The zero-order valence-electron chi connectivity index (χ0n) is 18.1. The van der Waals surface area contributed by atoms with Gasteiger partial charge in [-0.15, -0.1) is 0 Å². The molecule has 10 nitrogen and oxygen atoms in total. The Morgan fingerprint density at radius 3 is 2.32 bits per heavy atom. The van der Waals surface area contributed by atoms with Gasteiger partial charge in [-0.25, -0.2) is 4.79 Å². The minimum absolute atomic E-state index is 0.0162. The monoisotopic (exact) mass is 438 g/mol. The van der Waals surface area contributed by atoms with Crippen LogP contribution < -0.4 is 0 Å². The van der Waals surface area contributed by atoms with E-state index in [0.29, 0.717) is 6.42 Å². The lowest BCUT2D eigenvalue weighted by Crippen LogP contribution is -2.46. The van der Waals surface area contributed by atoms with Gasteiger partial charge >= 0.3 is 23.9 Å². The van der Waals surface area contributed by atoms with E-state index in [0.717, 1.165) is 0 Å². The van der Waals surface area contributed by atoms with Crippen molar-refractivity contribution in [3.05, 3.63) is 11.1 Å². The van der Waals surface area contributed by atoms with Crippen molar-refractivity contribution in [2.24, 2.45) is 0 Å². The number of rotatable bonds is 4. The second-order valence-corrected chi connectivity index (χ2v) is 8.44. The Balaban J connectivity index is 2.12. The first-order valence-electron chi connectivity index (χ1n) is 10.0. The van der Waals surface area contributed by atoms with Gasteiger partial charge in [0.05, 0.1) is 11.2 Å². The smallest absolute Gasteiger partial charge is 0.338 e. The van der Waals surface area contributed by atoms with Gasteiger partial charge in [-0.05, 0) is 20.3 Å². The molecule has 5 atom stereocenters. The largest absolute Gasteiger partial charge is 0.461 e. The summed E-state index contributed by atoms with van der Waals surface area (Å²) in [4.78, 5) is 60.6. The number of carbonyl (C=O) groups is 5. The van der Waals surface area contributed by atoms with E-state index in [1.165, 1.54) is 27.7 Å². The van der Waals surface area contributed by atoms with Crippen LogP contribution in [0.2, 0.25) is 0 Å². The van der Waals surface area contributed by atoms with Gasteiger partial charge in [-0.3, -0.25) is 19.2 Å². The van der Waals surface area contributed by atoms with Gasteiger partial charge in [0, 0.05) is 39.2 Å². The second kappa shape index (κ2) is 8.07. The predicted molar refractivity (Wildman–Crippen MR) is 101 cm³/mol. The van der Waals surface area contributed by atoms with Gasteiger partial charge in [0.15, 0.2) is 17.5 Å². The second-order valence-electron chi connectivity index (χ2n) is 8.44. The van der Waals surface area contributed by atoms with E-state index >= 15 is 0 Å². The fourth-order valence-electron chi connectivity index (χ4n) is 4.22. The number of epoxide rings is 1. The number of Topliss-reactive ketones (excluding diaryl/α,β-unsaturated/α-hetero) is 1. The molecule has 0 radical (unpaired) electrons. The van der Waals surface area contributed by atoms with Crippen LogP contribution in [0, 0.1) is 0 Å². The Morgan fingerprint density at radius 2 is 1.74 bits per heavy atom. The number of ketones is 1. The number of carbonyl (C=O) groups excluding carboxylic acids is 5. The molecule has 2 heterocycles. The minimum Gasteiger partial charge on any atom is -0.461 e. The molecule has 0 aromatic carbocycles. The number of fused-ring (bicyclic) bond motifs is 3. The molecule has 0 unspecified atom stereocenters. The van der Waals surface area contributed by atoms with Crippen LogP contribution in [0.5, 0.6) is 0 Å². The van der Waals surface area contributed by atoms with Crippen molar-refractivity contribution < 1.29 is 47.7 Å². The molecular formula is C21H26O10. The summed E-state index contributed by atoms with van der Waals surface area (Å²) in [6.07, 6.45) is -2.41. The van der Waals surface area contributed by atoms with Crippen LogP contribution in [-0.2, 0) is 47.7 Å². The Labute approximate surface area is 179 Å². The number of ether oxygens (including phenoxy) is 5. The van der Waals surface area contributed by atoms with Gasteiger partial charge in [-0.2, -0.15) is 0 Å². The molecule has 0 aromatic rings. The van der Waals surface area contributed by atoms with E-state index in [1.54, 1.807) is 6.92 Å². The summed E-state index contributed by atoms with van der Waals surface area (Å²) in [7, 11) is 0. The molecular weight excluding hydrogens is 412 g/mol. The summed E-state index contributed by atoms with van der Waals surface area (Å²) in [6.45, 7) is 6.39. The Morgan fingerprint density at radius 1 is 1.06 bits per heavy atom. The topological polar surface area (TPSA) is 135 Å². The molecule has 2 fully saturated rings. The molecule has 1 saturated carbocycles. The molecule has 0 aromatic heterocycles. The van der Waals surface area contributed by atoms with Crippen molar-refractivity contribution in [2.75, 3.05) is 6.61 Å². The highest BCUT2D eigenvalue weighted by atomic mass is 16.7. The number of hydrogen-bond donors (Lipinski definition) is 0. The molecule has 0 bridgehead atoms. The number of esters is 4. The highest BCUT2D eigenvalue weighted by Gasteiger charge is 2.63. The third-order valence-corrected chi connectivity index (χ3v) is 5.81. The summed E-state index contributed by atoms with van der Waals surface area (Å²) in [5, 5.41) is 0. The summed E-state index contributed by atoms with van der Waals surface area (Å²) >= 11 is 0. The van der Waals surface area contributed by atoms with E-state index in [1.807, 2.05) is 0 Å². The molecule has 1 aliphatic carbocycles. The first-order valence-corrected chi connectivity index (χ1v) is 10.0.